The molecule has 0 heterocycles. The minimum atomic E-state index is 0.507. The fourth-order valence-electron chi connectivity index (χ4n) is 4.29. The molecule has 4 rings (SSSR count). The van der Waals surface area contributed by atoms with Crippen LogP contribution in [0.3, 0.4) is 0 Å². The van der Waals surface area contributed by atoms with E-state index < -0.39 is 0 Å². The molecule has 0 aliphatic heterocycles. The Morgan fingerprint density at radius 2 is 1.79 bits per heavy atom. The van der Waals surface area contributed by atoms with Crippen LogP contribution in [0.1, 0.15) is 56.1 Å². The van der Waals surface area contributed by atoms with Gasteiger partial charge in [0.05, 0.1) is 0 Å². The van der Waals surface area contributed by atoms with Gasteiger partial charge in [-0.15, -0.1) is 0 Å². The number of fused-ring (bicyclic) bond motifs is 1. The zero-order valence-corrected chi connectivity index (χ0v) is 14.8. The molecule has 1 atom stereocenters. The van der Waals surface area contributed by atoms with Gasteiger partial charge < -0.3 is 0 Å². The first-order valence-electron chi connectivity index (χ1n) is 9.27. The maximum Gasteiger partial charge on any atom is 0.0129 e. The smallest absolute Gasteiger partial charge is 0.0129 e. The minimum absolute atomic E-state index is 0.507. The predicted molar refractivity (Wildman–Crippen MR) is 104 cm³/mol. The van der Waals surface area contributed by atoms with Gasteiger partial charge in [0.15, 0.2) is 0 Å². The van der Waals surface area contributed by atoms with Crippen molar-refractivity contribution >= 4 is 12.2 Å². The number of allylic oxidation sites excluding steroid dienone is 8. The topological polar surface area (TPSA) is 0 Å². The summed E-state index contributed by atoms with van der Waals surface area (Å²) in [6, 6.07) is 4.89. The molecule has 0 aromatic heterocycles. The van der Waals surface area contributed by atoms with Crippen molar-refractivity contribution in [2.24, 2.45) is 0 Å². The van der Waals surface area contributed by atoms with Gasteiger partial charge in [0.1, 0.15) is 0 Å². The predicted octanol–water partition coefficient (Wildman–Crippen LogP) is 4.99. The van der Waals surface area contributed by atoms with Crippen LogP contribution in [-0.2, 0) is 0 Å². The number of benzene rings is 1. The van der Waals surface area contributed by atoms with Gasteiger partial charge in [-0.25, -0.2) is 0 Å². The Hall–Kier alpha value is -2.08. The van der Waals surface area contributed by atoms with E-state index in [2.05, 4.69) is 68.5 Å². The molecule has 0 N–H and O–H groups in total. The molecule has 0 fully saturated rings. The largest absolute Gasteiger partial charge is 0.0842 e. The number of hydrogen-bond acceptors (Lipinski definition) is 0. The fourth-order valence-corrected chi connectivity index (χ4v) is 4.29. The van der Waals surface area contributed by atoms with Gasteiger partial charge >= 0.3 is 0 Å². The highest BCUT2D eigenvalue weighted by atomic mass is 14.3. The second kappa shape index (κ2) is 6.43. The first kappa shape index (κ1) is 15.4. The minimum Gasteiger partial charge on any atom is -0.0842 e. The molecule has 122 valence electrons. The Labute approximate surface area is 145 Å². The van der Waals surface area contributed by atoms with E-state index in [4.69, 9.17) is 0 Å². The molecule has 1 aromatic rings. The van der Waals surface area contributed by atoms with E-state index in [1.165, 1.54) is 64.0 Å². The third-order valence-corrected chi connectivity index (χ3v) is 5.56. The first-order chi connectivity index (χ1) is 11.7. The van der Waals surface area contributed by atoms with Crippen LogP contribution >= 0.6 is 0 Å². The maximum absolute atomic E-state index is 2.45. The van der Waals surface area contributed by atoms with E-state index in [9.17, 15) is 0 Å². The number of rotatable bonds is 2. The van der Waals surface area contributed by atoms with Crippen molar-refractivity contribution in [3.63, 3.8) is 0 Å². The lowest BCUT2D eigenvalue weighted by Crippen LogP contribution is -2.30. The van der Waals surface area contributed by atoms with Crippen molar-refractivity contribution in [3.8, 4) is 0 Å². The van der Waals surface area contributed by atoms with Crippen LogP contribution in [0.4, 0.5) is 0 Å². The van der Waals surface area contributed by atoms with Crippen LogP contribution in [0.15, 0.2) is 59.2 Å². The average molecular weight is 314 g/mol. The molecule has 0 saturated heterocycles. The number of aryl methyl sites for hydroxylation is 1. The SMILES string of the molecule is CC1=CC=C(C2=CC=CCC2)C(c2cc(C)c3c(c2)=CCCC=3)C1. The third-order valence-electron chi connectivity index (χ3n) is 5.56. The summed E-state index contributed by atoms with van der Waals surface area (Å²) in [6.07, 6.45) is 22.2. The quantitative estimate of drug-likeness (QED) is 0.721. The molecule has 1 aromatic carbocycles. The molecule has 0 spiro atoms. The summed E-state index contributed by atoms with van der Waals surface area (Å²) >= 11 is 0. The normalized spacial score (nSPS) is 22.6. The van der Waals surface area contributed by atoms with Crippen LogP contribution < -0.4 is 10.4 Å². The molecule has 0 bridgehead atoms. The fraction of sp³-hybridized carbons (Fsp3) is 0.333. The Bertz CT molecular complexity index is 900. The summed E-state index contributed by atoms with van der Waals surface area (Å²) in [4.78, 5) is 0. The van der Waals surface area contributed by atoms with Crippen molar-refractivity contribution in [1.29, 1.82) is 0 Å². The van der Waals surface area contributed by atoms with Crippen LogP contribution in [0.5, 0.6) is 0 Å². The molecule has 24 heavy (non-hydrogen) atoms. The van der Waals surface area contributed by atoms with E-state index in [1.807, 2.05) is 0 Å². The number of hydrogen-bond donors (Lipinski definition) is 0. The van der Waals surface area contributed by atoms with Crippen molar-refractivity contribution < 1.29 is 0 Å². The van der Waals surface area contributed by atoms with Crippen molar-refractivity contribution in [2.45, 2.75) is 51.9 Å². The van der Waals surface area contributed by atoms with Crippen molar-refractivity contribution in [1.82, 2.24) is 0 Å². The Morgan fingerprint density at radius 1 is 0.917 bits per heavy atom. The van der Waals surface area contributed by atoms with E-state index in [0.717, 1.165) is 6.42 Å². The molecule has 0 amide bonds. The van der Waals surface area contributed by atoms with Crippen LogP contribution in [-0.4, -0.2) is 0 Å². The van der Waals surface area contributed by atoms with Gasteiger partial charge in [-0.05, 0) is 78.7 Å². The lowest BCUT2D eigenvalue weighted by atomic mass is 9.77. The molecule has 0 radical (unpaired) electrons. The molecule has 3 aliphatic rings. The van der Waals surface area contributed by atoms with E-state index >= 15 is 0 Å². The molecule has 0 saturated carbocycles. The molecule has 0 heteroatoms. The summed E-state index contributed by atoms with van der Waals surface area (Å²) in [5.74, 6) is 0.507. The van der Waals surface area contributed by atoms with Crippen LogP contribution in [0.25, 0.3) is 12.2 Å². The second-order valence-corrected chi connectivity index (χ2v) is 7.38. The van der Waals surface area contributed by atoms with Gasteiger partial charge in [0.2, 0.25) is 0 Å². The molecular formula is C24H26. The zero-order valence-electron chi connectivity index (χ0n) is 14.8. The van der Waals surface area contributed by atoms with Crippen LogP contribution in [0, 0.1) is 6.92 Å². The van der Waals surface area contributed by atoms with Gasteiger partial charge in [-0.2, -0.15) is 0 Å². The lowest BCUT2D eigenvalue weighted by Gasteiger charge is -2.28. The molecule has 1 unspecified atom stereocenters. The third kappa shape index (κ3) is 2.86. The molecular weight excluding hydrogens is 288 g/mol. The zero-order chi connectivity index (χ0) is 16.5. The van der Waals surface area contributed by atoms with Crippen molar-refractivity contribution in [2.75, 3.05) is 0 Å². The first-order valence-corrected chi connectivity index (χ1v) is 9.27. The monoisotopic (exact) mass is 314 g/mol. The lowest BCUT2D eigenvalue weighted by molar-refractivity contribution is 0.753. The molecule has 3 aliphatic carbocycles. The van der Waals surface area contributed by atoms with E-state index in [-0.39, 0.29) is 0 Å². The summed E-state index contributed by atoms with van der Waals surface area (Å²) < 4.78 is 0. The second-order valence-electron chi connectivity index (χ2n) is 7.38. The van der Waals surface area contributed by atoms with E-state index in [1.54, 1.807) is 0 Å². The summed E-state index contributed by atoms with van der Waals surface area (Å²) in [5, 5.41) is 2.90. The standard InChI is InChI=1S/C24H26/c1-17-12-13-23(19-8-4-3-5-9-19)24(14-17)21-15-18(2)22-11-7-6-10-20(22)16-21/h3-4,8,10-13,15-16,24H,5-7,9,14H2,1-2H3. The van der Waals surface area contributed by atoms with Gasteiger partial charge in [0.25, 0.3) is 0 Å². The highest BCUT2D eigenvalue weighted by Gasteiger charge is 2.23. The summed E-state index contributed by atoms with van der Waals surface area (Å²) in [7, 11) is 0. The van der Waals surface area contributed by atoms with Crippen LogP contribution in [0.2, 0.25) is 0 Å². The van der Waals surface area contributed by atoms with Gasteiger partial charge in [0, 0.05) is 5.92 Å². The summed E-state index contributed by atoms with van der Waals surface area (Å²) in [6.45, 7) is 4.54. The Morgan fingerprint density at radius 3 is 2.62 bits per heavy atom. The van der Waals surface area contributed by atoms with E-state index in [0.29, 0.717) is 5.92 Å². The van der Waals surface area contributed by atoms with Crippen molar-refractivity contribution in [3.05, 3.63) is 80.8 Å². The summed E-state index contributed by atoms with van der Waals surface area (Å²) in [5.41, 5.74) is 7.47. The highest BCUT2D eigenvalue weighted by Crippen LogP contribution is 2.39. The Balaban J connectivity index is 1.82. The maximum atomic E-state index is 2.45. The average Bonchev–Trinajstić information content (AvgIpc) is 2.62. The Kier molecular flexibility index (Phi) is 4.14. The molecule has 0 nitrogen and oxygen atoms in total. The van der Waals surface area contributed by atoms with Gasteiger partial charge in [-0.1, -0.05) is 60.2 Å². The highest BCUT2D eigenvalue weighted by molar-refractivity contribution is 5.51. The van der Waals surface area contributed by atoms with Gasteiger partial charge in [-0.3, -0.25) is 0 Å².